The van der Waals surface area contributed by atoms with Gasteiger partial charge in [0.2, 0.25) is 0 Å². The zero-order chi connectivity index (χ0) is 18.9. The quantitative estimate of drug-likeness (QED) is 0.528. The van der Waals surface area contributed by atoms with Gasteiger partial charge in [-0.2, -0.15) is 10.5 Å². The molecule has 0 amide bonds. The van der Waals surface area contributed by atoms with Gasteiger partial charge < -0.3 is 4.74 Å². The van der Waals surface area contributed by atoms with Gasteiger partial charge >= 0.3 is 0 Å². The highest BCUT2D eigenvalue weighted by atomic mass is 35.5. The summed E-state index contributed by atoms with van der Waals surface area (Å²) < 4.78 is 5.97. The minimum Gasteiger partial charge on any atom is -0.454 e. The smallest absolute Gasteiger partial charge is 0.167 e. The molecule has 0 saturated heterocycles. The molecule has 0 N–H and O–H groups in total. The first-order chi connectivity index (χ1) is 11.6. The second-order valence-electron chi connectivity index (χ2n) is 6.60. The second kappa shape index (κ2) is 7.14. The highest BCUT2D eigenvalue weighted by Crippen LogP contribution is 2.46. The Morgan fingerprint density at radius 2 is 1.48 bits per heavy atom. The molecule has 0 aliphatic carbocycles. The highest BCUT2D eigenvalue weighted by Gasteiger charge is 2.25. The Hall–Kier alpha value is -1.91. The van der Waals surface area contributed by atoms with Crippen molar-refractivity contribution >= 4 is 34.8 Å². The van der Waals surface area contributed by atoms with Crippen molar-refractivity contribution in [2.75, 3.05) is 0 Å². The Kier molecular flexibility index (Phi) is 5.55. The Morgan fingerprint density at radius 3 is 2.00 bits per heavy atom. The van der Waals surface area contributed by atoms with Crippen LogP contribution < -0.4 is 4.74 Å². The van der Waals surface area contributed by atoms with Gasteiger partial charge in [0, 0.05) is 5.56 Å². The van der Waals surface area contributed by atoms with Gasteiger partial charge in [-0.05, 0) is 18.4 Å². The molecule has 0 fully saturated rings. The van der Waals surface area contributed by atoms with E-state index in [4.69, 9.17) is 39.5 Å². The van der Waals surface area contributed by atoms with Crippen LogP contribution in [-0.2, 0) is 5.41 Å². The molecule has 2 aromatic rings. The average molecular weight is 394 g/mol. The standard InChI is InChI=1S/C19H15Cl3N2O/c1-10-5-6-14(13(7-10)19(2,3)4)25-18-16(21)12(9-24)11(8-23)15(20)17(18)22/h5-7H,1-4H3. The summed E-state index contributed by atoms with van der Waals surface area (Å²) in [5.41, 5.74) is 1.74. The molecule has 0 aliphatic heterocycles. The van der Waals surface area contributed by atoms with Crippen molar-refractivity contribution in [3.8, 4) is 23.6 Å². The predicted octanol–water partition coefficient (Wildman–Crippen LogP) is 6.79. The Balaban J connectivity index is 2.70. The third-order valence-electron chi connectivity index (χ3n) is 3.66. The van der Waals surface area contributed by atoms with E-state index in [1.807, 2.05) is 37.3 Å². The lowest BCUT2D eigenvalue weighted by Crippen LogP contribution is -2.13. The van der Waals surface area contributed by atoms with Gasteiger partial charge in [-0.15, -0.1) is 0 Å². The number of halogens is 3. The number of hydrogen-bond donors (Lipinski definition) is 0. The van der Waals surface area contributed by atoms with E-state index < -0.39 is 0 Å². The lowest BCUT2D eigenvalue weighted by Gasteiger charge is -2.24. The van der Waals surface area contributed by atoms with Crippen molar-refractivity contribution in [2.24, 2.45) is 0 Å². The van der Waals surface area contributed by atoms with E-state index >= 15 is 0 Å². The van der Waals surface area contributed by atoms with Crippen LogP contribution in [0, 0.1) is 29.6 Å². The normalized spacial score (nSPS) is 10.9. The van der Waals surface area contributed by atoms with Gasteiger partial charge in [-0.25, -0.2) is 0 Å². The number of nitriles is 2. The molecule has 0 bridgehead atoms. The lowest BCUT2D eigenvalue weighted by atomic mass is 9.85. The van der Waals surface area contributed by atoms with Crippen LogP contribution in [0.15, 0.2) is 18.2 Å². The molecule has 128 valence electrons. The van der Waals surface area contributed by atoms with Crippen LogP contribution in [0.3, 0.4) is 0 Å². The van der Waals surface area contributed by atoms with Crippen molar-refractivity contribution in [3.05, 3.63) is 55.5 Å². The van der Waals surface area contributed by atoms with Crippen molar-refractivity contribution in [1.82, 2.24) is 0 Å². The molecular formula is C19H15Cl3N2O. The summed E-state index contributed by atoms with van der Waals surface area (Å²) in [6.45, 7) is 8.17. The number of aryl methyl sites for hydroxylation is 1. The largest absolute Gasteiger partial charge is 0.454 e. The van der Waals surface area contributed by atoms with Crippen LogP contribution in [-0.4, -0.2) is 0 Å². The summed E-state index contributed by atoms with van der Waals surface area (Å²) >= 11 is 18.7. The minimum atomic E-state index is -0.186. The van der Waals surface area contributed by atoms with E-state index in [1.54, 1.807) is 0 Å². The molecule has 2 rings (SSSR count). The van der Waals surface area contributed by atoms with Gasteiger partial charge in [-0.3, -0.25) is 0 Å². The highest BCUT2D eigenvalue weighted by molar-refractivity contribution is 6.46. The maximum absolute atomic E-state index is 9.31. The van der Waals surface area contributed by atoms with E-state index in [0.717, 1.165) is 11.1 Å². The average Bonchev–Trinajstić information content (AvgIpc) is 2.54. The van der Waals surface area contributed by atoms with Crippen LogP contribution in [0.1, 0.15) is 43.0 Å². The summed E-state index contributed by atoms with van der Waals surface area (Å²) in [7, 11) is 0. The maximum Gasteiger partial charge on any atom is 0.167 e. The molecule has 3 nitrogen and oxygen atoms in total. The monoisotopic (exact) mass is 392 g/mol. The summed E-state index contributed by atoms with van der Waals surface area (Å²) in [6.07, 6.45) is 0. The Labute approximate surface area is 162 Å². The number of benzene rings is 2. The fourth-order valence-corrected chi connectivity index (χ4v) is 3.14. The molecular weight excluding hydrogens is 379 g/mol. The summed E-state index contributed by atoms with van der Waals surface area (Å²) in [5.74, 6) is 0.629. The number of rotatable bonds is 2. The third-order valence-corrected chi connectivity index (χ3v) is 4.86. The van der Waals surface area contributed by atoms with Crippen molar-refractivity contribution in [1.29, 1.82) is 10.5 Å². The third kappa shape index (κ3) is 3.70. The first-order valence-electron chi connectivity index (χ1n) is 7.41. The number of hydrogen-bond acceptors (Lipinski definition) is 3. The maximum atomic E-state index is 9.31. The first-order valence-corrected chi connectivity index (χ1v) is 8.54. The van der Waals surface area contributed by atoms with Gasteiger partial charge in [0.15, 0.2) is 5.75 Å². The molecule has 0 aromatic heterocycles. The number of ether oxygens (including phenoxy) is 1. The van der Waals surface area contributed by atoms with Crippen molar-refractivity contribution in [3.63, 3.8) is 0 Å². The molecule has 0 saturated carbocycles. The second-order valence-corrected chi connectivity index (χ2v) is 7.73. The number of nitrogens with zero attached hydrogens (tertiary/aromatic N) is 2. The fraction of sp³-hybridized carbons (Fsp3) is 0.263. The van der Waals surface area contributed by atoms with E-state index in [9.17, 15) is 10.5 Å². The van der Waals surface area contributed by atoms with Gasteiger partial charge in [-0.1, -0.05) is 73.3 Å². The molecule has 0 unspecified atom stereocenters. The predicted molar refractivity (Wildman–Crippen MR) is 101 cm³/mol. The lowest BCUT2D eigenvalue weighted by molar-refractivity contribution is 0.455. The molecule has 25 heavy (non-hydrogen) atoms. The van der Waals surface area contributed by atoms with Crippen molar-refractivity contribution in [2.45, 2.75) is 33.1 Å². The van der Waals surface area contributed by atoms with E-state index in [-0.39, 0.29) is 37.4 Å². The summed E-state index contributed by atoms with van der Waals surface area (Å²) in [5, 5.41) is 18.4. The van der Waals surface area contributed by atoms with Crippen LogP contribution in [0.5, 0.6) is 11.5 Å². The van der Waals surface area contributed by atoms with E-state index in [0.29, 0.717) is 5.75 Å². The molecule has 0 atom stereocenters. The summed E-state index contributed by atoms with van der Waals surface area (Å²) in [4.78, 5) is 0. The molecule has 2 aromatic carbocycles. The molecule has 6 heteroatoms. The Morgan fingerprint density at radius 1 is 0.920 bits per heavy atom. The minimum absolute atomic E-state index is 0.00245. The van der Waals surface area contributed by atoms with Gasteiger partial charge in [0.05, 0.1) is 16.1 Å². The Bertz CT molecular complexity index is 932. The zero-order valence-corrected chi connectivity index (χ0v) is 16.4. The fourth-order valence-electron chi connectivity index (χ4n) is 2.37. The molecule has 0 heterocycles. The van der Waals surface area contributed by atoms with Gasteiger partial charge in [0.1, 0.15) is 27.9 Å². The van der Waals surface area contributed by atoms with Crippen LogP contribution in [0.2, 0.25) is 15.1 Å². The molecule has 0 radical (unpaired) electrons. The van der Waals surface area contributed by atoms with Crippen LogP contribution >= 0.6 is 34.8 Å². The SMILES string of the molecule is Cc1ccc(Oc2c(Cl)c(Cl)c(C#N)c(C#N)c2Cl)c(C(C)(C)C)c1. The zero-order valence-electron chi connectivity index (χ0n) is 14.2. The van der Waals surface area contributed by atoms with Crippen LogP contribution in [0.4, 0.5) is 0 Å². The van der Waals surface area contributed by atoms with Crippen molar-refractivity contribution < 1.29 is 4.74 Å². The molecule has 0 spiro atoms. The van der Waals surface area contributed by atoms with Gasteiger partial charge in [0.25, 0.3) is 0 Å². The van der Waals surface area contributed by atoms with E-state index in [2.05, 4.69) is 20.8 Å². The topological polar surface area (TPSA) is 56.8 Å². The van der Waals surface area contributed by atoms with E-state index in [1.165, 1.54) is 0 Å². The summed E-state index contributed by atoms with van der Waals surface area (Å²) in [6, 6.07) is 9.48. The first kappa shape index (κ1) is 19.4. The van der Waals surface area contributed by atoms with Crippen LogP contribution in [0.25, 0.3) is 0 Å². The molecule has 0 aliphatic rings.